The molecular formula is C24H18F5NO4S. The summed E-state index contributed by atoms with van der Waals surface area (Å²) >= 11 is 0. The van der Waals surface area contributed by atoms with Crippen LogP contribution in [0.3, 0.4) is 0 Å². The van der Waals surface area contributed by atoms with Crippen LogP contribution in [0.4, 0.5) is 22.0 Å². The summed E-state index contributed by atoms with van der Waals surface area (Å²) in [4.78, 5) is -0.684. The van der Waals surface area contributed by atoms with E-state index >= 15 is 4.39 Å². The Morgan fingerprint density at radius 2 is 1.20 bits per heavy atom. The summed E-state index contributed by atoms with van der Waals surface area (Å²) in [6, 6.07) is 6.31. The maximum Gasteiger partial charge on any atom is 0.311 e. The molecule has 0 atom stereocenters. The van der Waals surface area contributed by atoms with Gasteiger partial charge in [-0.25, -0.2) is 30.4 Å². The van der Waals surface area contributed by atoms with E-state index < -0.39 is 60.9 Å². The van der Waals surface area contributed by atoms with E-state index in [1.165, 1.54) is 0 Å². The second kappa shape index (κ2) is 8.49. The Morgan fingerprint density at radius 3 is 1.71 bits per heavy atom. The first kappa shape index (κ1) is 23.6. The van der Waals surface area contributed by atoms with Crippen LogP contribution < -0.4 is 9.47 Å². The van der Waals surface area contributed by atoms with E-state index in [0.717, 1.165) is 47.1 Å². The SMILES string of the molecule is O=S(=O)(c1cc2c(cc1F)OC(c1ccc(F)cc1F)(c1ccc(F)cc1F)O2)N1CCCCC1. The number of ether oxygens (including phenoxy) is 2. The quantitative estimate of drug-likeness (QED) is 0.451. The normalized spacial score (nSPS) is 17.5. The molecule has 0 bridgehead atoms. The van der Waals surface area contributed by atoms with Crippen LogP contribution in [0.5, 0.6) is 11.5 Å². The van der Waals surface area contributed by atoms with Crippen molar-refractivity contribution in [1.29, 1.82) is 0 Å². The number of piperidine rings is 1. The maximum absolute atomic E-state index is 15.0. The average molecular weight is 511 g/mol. The monoisotopic (exact) mass is 511 g/mol. The summed E-state index contributed by atoms with van der Waals surface area (Å²) in [7, 11) is -4.23. The molecule has 2 aliphatic heterocycles. The van der Waals surface area contributed by atoms with E-state index in [1.54, 1.807) is 0 Å². The van der Waals surface area contributed by atoms with Crippen molar-refractivity contribution >= 4 is 10.0 Å². The summed E-state index contributed by atoms with van der Waals surface area (Å²) in [5.41, 5.74) is -0.970. The number of fused-ring (bicyclic) bond motifs is 1. The van der Waals surface area contributed by atoms with E-state index in [-0.39, 0.29) is 24.6 Å². The second-order valence-electron chi connectivity index (χ2n) is 8.26. The molecule has 0 N–H and O–H groups in total. The van der Waals surface area contributed by atoms with Crippen LogP contribution in [0.1, 0.15) is 30.4 Å². The van der Waals surface area contributed by atoms with Crippen molar-refractivity contribution in [3.05, 3.63) is 88.7 Å². The molecule has 35 heavy (non-hydrogen) atoms. The zero-order chi connectivity index (χ0) is 25.0. The molecule has 0 aromatic heterocycles. The Labute approximate surface area is 197 Å². The lowest BCUT2D eigenvalue weighted by atomic mass is 9.96. The molecule has 1 fully saturated rings. The number of rotatable bonds is 4. The maximum atomic E-state index is 15.0. The highest BCUT2D eigenvalue weighted by molar-refractivity contribution is 7.89. The molecule has 1 saturated heterocycles. The van der Waals surface area contributed by atoms with Gasteiger partial charge in [-0.05, 0) is 37.1 Å². The Hall–Kier alpha value is -3.18. The van der Waals surface area contributed by atoms with Gasteiger partial charge in [-0.1, -0.05) is 6.42 Å². The minimum atomic E-state index is -4.23. The molecule has 2 heterocycles. The highest BCUT2D eigenvalue weighted by Crippen LogP contribution is 2.50. The average Bonchev–Trinajstić information content (AvgIpc) is 3.17. The second-order valence-corrected chi connectivity index (χ2v) is 10.2. The molecule has 0 spiro atoms. The lowest BCUT2D eigenvalue weighted by molar-refractivity contribution is -0.0516. The summed E-state index contributed by atoms with van der Waals surface area (Å²) in [5, 5.41) is 0. The number of halogens is 5. The Morgan fingerprint density at radius 1 is 0.686 bits per heavy atom. The van der Waals surface area contributed by atoms with Gasteiger partial charge in [0.15, 0.2) is 11.5 Å². The highest BCUT2D eigenvalue weighted by atomic mass is 32.2. The van der Waals surface area contributed by atoms with Gasteiger partial charge < -0.3 is 9.47 Å². The van der Waals surface area contributed by atoms with Crippen molar-refractivity contribution in [2.24, 2.45) is 0 Å². The third-order valence-corrected chi connectivity index (χ3v) is 7.92. The first-order valence-corrected chi connectivity index (χ1v) is 12.2. The topological polar surface area (TPSA) is 55.8 Å². The van der Waals surface area contributed by atoms with Crippen molar-refractivity contribution in [2.45, 2.75) is 29.9 Å². The summed E-state index contributed by atoms with van der Waals surface area (Å²) in [6.45, 7) is 0.448. The Balaban J connectivity index is 1.66. The van der Waals surface area contributed by atoms with Crippen LogP contribution in [0, 0.1) is 29.1 Å². The summed E-state index contributed by atoms with van der Waals surface area (Å²) < 4.78 is 111. The first-order valence-electron chi connectivity index (χ1n) is 10.7. The minimum Gasteiger partial charge on any atom is -0.440 e. The molecule has 3 aromatic rings. The molecule has 0 radical (unpaired) electrons. The van der Waals surface area contributed by atoms with Crippen LogP contribution in [-0.4, -0.2) is 25.8 Å². The van der Waals surface area contributed by atoms with E-state index in [9.17, 15) is 26.0 Å². The van der Waals surface area contributed by atoms with E-state index in [0.29, 0.717) is 25.0 Å². The van der Waals surface area contributed by atoms with Crippen LogP contribution in [0.15, 0.2) is 53.4 Å². The Bertz CT molecular complexity index is 1370. The van der Waals surface area contributed by atoms with Gasteiger partial charge >= 0.3 is 5.79 Å². The fraction of sp³-hybridized carbons (Fsp3) is 0.250. The number of hydrogen-bond donors (Lipinski definition) is 0. The predicted molar refractivity (Wildman–Crippen MR) is 114 cm³/mol. The molecule has 11 heteroatoms. The third-order valence-electron chi connectivity index (χ3n) is 6.01. The van der Waals surface area contributed by atoms with Gasteiger partial charge in [0.1, 0.15) is 34.0 Å². The van der Waals surface area contributed by atoms with E-state index in [2.05, 4.69) is 0 Å². The summed E-state index contributed by atoms with van der Waals surface area (Å²) in [5.74, 6) is -8.46. The molecular weight excluding hydrogens is 493 g/mol. The van der Waals surface area contributed by atoms with Gasteiger partial charge in [0, 0.05) is 37.4 Å². The molecule has 0 aliphatic carbocycles. The van der Waals surface area contributed by atoms with Crippen molar-refractivity contribution in [2.75, 3.05) is 13.1 Å². The fourth-order valence-corrected chi connectivity index (χ4v) is 5.90. The molecule has 0 saturated carbocycles. The molecule has 0 unspecified atom stereocenters. The molecule has 0 amide bonds. The van der Waals surface area contributed by atoms with Gasteiger partial charge in [0.25, 0.3) is 0 Å². The molecule has 5 rings (SSSR count). The minimum absolute atomic E-state index is 0.224. The van der Waals surface area contributed by atoms with Crippen LogP contribution in [0.2, 0.25) is 0 Å². The lowest BCUT2D eigenvalue weighted by Gasteiger charge is -2.29. The van der Waals surface area contributed by atoms with Gasteiger partial charge in [0.2, 0.25) is 10.0 Å². The largest absolute Gasteiger partial charge is 0.440 e. The highest BCUT2D eigenvalue weighted by Gasteiger charge is 2.50. The van der Waals surface area contributed by atoms with Gasteiger partial charge in [0.05, 0.1) is 11.1 Å². The number of hydrogen-bond acceptors (Lipinski definition) is 4. The van der Waals surface area contributed by atoms with Gasteiger partial charge in [-0.15, -0.1) is 0 Å². The number of benzene rings is 3. The number of sulfonamides is 1. The zero-order valence-electron chi connectivity index (χ0n) is 18.0. The molecule has 184 valence electrons. The third kappa shape index (κ3) is 3.92. The summed E-state index contributed by atoms with van der Waals surface area (Å²) in [6.07, 6.45) is 2.11. The predicted octanol–water partition coefficient (Wildman–Crippen LogP) is 5.23. The molecule has 2 aliphatic rings. The standard InChI is InChI=1S/C24H18F5NO4S/c25-14-4-6-16(18(27)10-14)24(17-7-5-15(26)11-19(17)28)33-21-12-20(29)23(13-22(21)34-24)35(31,32)30-8-2-1-3-9-30/h4-7,10-13H,1-3,8-9H2. The van der Waals surface area contributed by atoms with Crippen LogP contribution in [-0.2, 0) is 15.8 Å². The molecule has 5 nitrogen and oxygen atoms in total. The first-order chi connectivity index (χ1) is 16.6. The number of nitrogens with zero attached hydrogens (tertiary/aromatic N) is 1. The molecule has 3 aromatic carbocycles. The fourth-order valence-electron chi connectivity index (χ4n) is 4.33. The van der Waals surface area contributed by atoms with Crippen LogP contribution >= 0.6 is 0 Å². The van der Waals surface area contributed by atoms with Gasteiger partial charge in [-0.2, -0.15) is 4.31 Å². The van der Waals surface area contributed by atoms with Crippen molar-refractivity contribution < 1.29 is 39.8 Å². The van der Waals surface area contributed by atoms with Crippen molar-refractivity contribution in [3.63, 3.8) is 0 Å². The van der Waals surface area contributed by atoms with E-state index in [1.807, 2.05) is 0 Å². The van der Waals surface area contributed by atoms with Crippen LogP contribution in [0.25, 0.3) is 0 Å². The smallest absolute Gasteiger partial charge is 0.311 e. The zero-order valence-corrected chi connectivity index (χ0v) is 18.8. The lowest BCUT2D eigenvalue weighted by Crippen LogP contribution is -2.39. The van der Waals surface area contributed by atoms with Crippen molar-refractivity contribution in [3.8, 4) is 11.5 Å². The Kier molecular flexibility index (Phi) is 5.71. The van der Waals surface area contributed by atoms with Gasteiger partial charge in [-0.3, -0.25) is 0 Å². The van der Waals surface area contributed by atoms with Crippen molar-refractivity contribution in [1.82, 2.24) is 4.31 Å². The van der Waals surface area contributed by atoms with E-state index in [4.69, 9.17) is 9.47 Å².